The van der Waals surface area contributed by atoms with E-state index in [4.69, 9.17) is 10.2 Å². The number of hydrogen-bond donors (Lipinski definition) is 4. The Morgan fingerprint density at radius 1 is 1.29 bits per heavy atom. The first-order chi connectivity index (χ1) is 7.86. The Morgan fingerprint density at radius 2 is 1.88 bits per heavy atom. The van der Waals surface area contributed by atoms with Crippen LogP contribution in [0.1, 0.15) is 33.6 Å². The van der Waals surface area contributed by atoms with Gasteiger partial charge in [0.05, 0.1) is 6.54 Å². The lowest BCUT2D eigenvalue weighted by Gasteiger charge is -2.18. The molecule has 0 spiro atoms. The minimum atomic E-state index is -1.56. The molecule has 6 heteroatoms. The van der Waals surface area contributed by atoms with Crippen LogP contribution in [0.4, 0.5) is 4.79 Å². The van der Waals surface area contributed by atoms with Gasteiger partial charge in [-0.1, -0.05) is 20.3 Å². The molecule has 0 aromatic heterocycles. The molecule has 0 heterocycles. The minimum absolute atomic E-state index is 0.0203. The third-order valence-corrected chi connectivity index (χ3v) is 2.57. The highest BCUT2D eigenvalue weighted by Crippen LogP contribution is 2.08. The zero-order valence-electron chi connectivity index (χ0n) is 10.6. The lowest BCUT2D eigenvalue weighted by molar-refractivity contribution is -0.146. The predicted molar refractivity (Wildman–Crippen MR) is 63.7 cm³/mol. The Labute approximate surface area is 101 Å². The van der Waals surface area contributed by atoms with Crippen LogP contribution in [0.25, 0.3) is 0 Å². The molecule has 0 bridgehead atoms. The molecule has 3 unspecified atom stereocenters. The van der Waals surface area contributed by atoms with Gasteiger partial charge in [0, 0.05) is 6.04 Å². The number of nitrogens with one attached hydrogen (secondary N) is 2. The average Bonchev–Trinajstić information content (AvgIpc) is 2.25. The van der Waals surface area contributed by atoms with Crippen LogP contribution in [0.2, 0.25) is 0 Å². The Bertz CT molecular complexity index is 258. The van der Waals surface area contributed by atoms with Crippen LogP contribution in [0.15, 0.2) is 0 Å². The summed E-state index contributed by atoms with van der Waals surface area (Å²) in [6.45, 7) is 5.78. The molecule has 0 fully saturated rings. The lowest BCUT2D eigenvalue weighted by Crippen LogP contribution is -2.45. The maximum Gasteiger partial charge on any atom is 0.334 e. The van der Waals surface area contributed by atoms with Crippen LogP contribution in [0, 0.1) is 5.92 Å². The summed E-state index contributed by atoms with van der Waals surface area (Å²) in [6, 6.07) is -0.437. The third kappa shape index (κ3) is 7.57. The van der Waals surface area contributed by atoms with E-state index in [1.165, 1.54) is 0 Å². The van der Waals surface area contributed by atoms with Crippen LogP contribution in [-0.4, -0.2) is 40.9 Å². The quantitative estimate of drug-likeness (QED) is 0.527. The summed E-state index contributed by atoms with van der Waals surface area (Å²) in [4.78, 5) is 21.6. The maximum absolute atomic E-state index is 11.3. The number of urea groups is 1. The number of carbonyl (C=O) groups is 2. The molecule has 3 atom stereocenters. The van der Waals surface area contributed by atoms with E-state index >= 15 is 0 Å². The number of carbonyl (C=O) groups excluding carboxylic acids is 1. The topological polar surface area (TPSA) is 98.7 Å². The van der Waals surface area contributed by atoms with Gasteiger partial charge in [0.1, 0.15) is 0 Å². The van der Waals surface area contributed by atoms with E-state index in [-0.39, 0.29) is 12.6 Å². The summed E-state index contributed by atoms with van der Waals surface area (Å²) in [6.07, 6.45) is 0.349. The SMILES string of the molecule is CCC(C)CC(C)NC(=O)NCC(O)C(=O)O. The number of rotatable bonds is 7. The first-order valence-electron chi connectivity index (χ1n) is 5.82. The molecule has 2 amide bonds. The van der Waals surface area contributed by atoms with E-state index < -0.39 is 18.1 Å². The highest BCUT2D eigenvalue weighted by atomic mass is 16.4. The molecule has 0 rings (SSSR count). The number of aliphatic hydroxyl groups excluding tert-OH is 1. The van der Waals surface area contributed by atoms with E-state index in [1.54, 1.807) is 0 Å². The average molecular weight is 246 g/mol. The Balaban J connectivity index is 3.82. The standard InChI is InChI=1S/C11H22N2O4/c1-4-7(2)5-8(3)13-11(17)12-6-9(14)10(15)16/h7-9,14H,4-6H2,1-3H3,(H,15,16)(H2,12,13,17). The van der Waals surface area contributed by atoms with Gasteiger partial charge in [-0.3, -0.25) is 0 Å². The molecule has 0 saturated carbocycles. The van der Waals surface area contributed by atoms with E-state index in [1.807, 2.05) is 6.92 Å². The molecular formula is C11H22N2O4. The van der Waals surface area contributed by atoms with E-state index in [9.17, 15) is 9.59 Å². The third-order valence-electron chi connectivity index (χ3n) is 2.57. The van der Waals surface area contributed by atoms with Crippen molar-refractivity contribution in [2.24, 2.45) is 5.92 Å². The van der Waals surface area contributed by atoms with E-state index in [2.05, 4.69) is 24.5 Å². The fraction of sp³-hybridized carbons (Fsp3) is 0.818. The van der Waals surface area contributed by atoms with Crippen molar-refractivity contribution in [1.82, 2.24) is 10.6 Å². The molecule has 0 aliphatic rings. The van der Waals surface area contributed by atoms with Crippen molar-refractivity contribution in [3.05, 3.63) is 0 Å². The molecule has 0 aromatic rings. The lowest BCUT2D eigenvalue weighted by atomic mass is 10.0. The largest absolute Gasteiger partial charge is 0.479 e. The van der Waals surface area contributed by atoms with Gasteiger partial charge in [0.2, 0.25) is 0 Å². The molecule has 4 N–H and O–H groups in total. The highest BCUT2D eigenvalue weighted by molar-refractivity contribution is 5.76. The van der Waals surface area contributed by atoms with E-state index in [0.717, 1.165) is 12.8 Å². The number of carboxylic acid groups (broad SMARTS) is 1. The van der Waals surface area contributed by atoms with Gasteiger partial charge >= 0.3 is 12.0 Å². The monoisotopic (exact) mass is 246 g/mol. The molecule has 0 saturated heterocycles. The fourth-order valence-corrected chi connectivity index (χ4v) is 1.38. The predicted octanol–water partition coefficient (Wildman–Crippen LogP) is 0.556. The Morgan fingerprint density at radius 3 is 2.35 bits per heavy atom. The molecule has 17 heavy (non-hydrogen) atoms. The summed E-state index contributed by atoms with van der Waals surface area (Å²) in [7, 11) is 0. The first-order valence-corrected chi connectivity index (χ1v) is 5.82. The Kier molecular flexibility index (Phi) is 7.29. The molecule has 0 aliphatic carbocycles. The van der Waals surface area contributed by atoms with Crippen LogP contribution < -0.4 is 10.6 Å². The fourth-order valence-electron chi connectivity index (χ4n) is 1.38. The van der Waals surface area contributed by atoms with Gasteiger partial charge in [-0.2, -0.15) is 0 Å². The second kappa shape index (κ2) is 7.89. The molecule has 0 aromatic carbocycles. The molecule has 6 nitrogen and oxygen atoms in total. The summed E-state index contributed by atoms with van der Waals surface area (Å²) in [5.41, 5.74) is 0. The van der Waals surface area contributed by atoms with Crippen molar-refractivity contribution in [1.29, 1.82) is 0 Å². The van der Waals surface area contributed by atoms with Crippen LogP contribution >= 0.6 is 0 Å². The second-order valence-electron chi connectivity index (χ2n) is 4.36. The number of aliphatic carboxylic acids is 1. The van der Waals surface area contributed by atoms with Gasteiger partial charge in [0.25, 0.3) is 0 Å². The van der Waals surface area contributed by atoms with Gasteiger partial charge in [0.15, 0.2) is 6.10 Å². The molecule has 0 aliphatic heterocycles. The van der Waals surface area contributed by atoms with Crippen LogP contribution in [0.3, 0.4) is 0 Å². The zero-order chi connectivity index (χ0) is 13.4. The van der Waals surface area contributed by atoms with Crippen LogP contribution in [-0.2, 0) is 4.79 Å². The molecule has 100 valence electrons. The van der Waals surface area contributed by atoms with Crippen molar-refractivity contribution in [2.45, 2.75) is 45.8 Å². The molecule has 0 radical (unpaired) electrons. The summed E-state index contributed by atoms with van der Waals surface area (Å²) in [5.74, 6) is -0.826. The van der Waals surface area contributed by atoms with Gasteiger partial charge in [-0.15, -0.1) is 0 Å². The van der Waals surface area contributed by atoms with Crippen LogP contribution in [0.5, 0.6) is 0 Å². The highest BCUT2D eigenvalue weighted by Gasteiger charge is 2.15. The minimum Gasteiger partial charge on any atom is -0.479 e. The summed E-state index contributed by atoms with van der Waals surface area (Å²) < 4.78 is 0. The number of amides is 2. The zero-order valence-corrected chi connectivity index (χ0v) is 10.6. The van der Waals surface area contributed by atoms with Gasteiger partial charge in [-0.05, 0) is 19.3 Å². The number of carboxylic acids is 1. The summed E-state index contributed by atoms with van der Waals surface area (Å²) in [5, 5.41) is 22.3. The smallest absolute Gasteiger partial charge is 0.334 e. The maximum atomic E-state index is 11.3. The van der Waals surface area contributed by atoms with Crippen molar-refractivity contribution in [3.8, 4) is 0 Å². The van der Waals surface area contributed by atoms with Crippen molar-refractivity contribution >= 4 is 12.0 Å². The first kappa shape index (κ1) is 15.7. The second-order valence-corrected chi connectivity index (χ2v) is 4.36. The van der Waals surface area contributed by atoms with E-state index in [0.29, 0.717) is 5.92 Å². The van der Waals surface area contributed by atoms with Crippen molar-refractivity contribution in [2.75, 3.05) is 6.54 Å². The number of hydrogen-bond acceptors (Lipinski definition) is 3. The van der Waals surface area contributed by atoms with Gasteiger partial charge < -0.3 is 20.8 Å². The Hall–Kier alpha value is -1.30. The van der Waals surface area contributed by atoms with Crippen molar-refractivity contribution < 1.29 is 19.8 Å². The number of aliphatic hydroxyl groups is 1. The van der Waals surface area contributed by atoms with Gasteiger partial charge in [-0.25, -0.2) is 9.59 Å². The normalized spacial score (nSPS) is 15.8. The molecular weight excluding hydrogens is 224 g/mol. The van der Waals surface area contributed by atoms with Crippen molar-refractivity contribution in [3.63, 3.8) is 0 Å². The summed E-state index contributed by atoms with van der Waals surface area (Å²) >= 11 is 0.